The van der Waals surface area contributed by atoms with Crippen molar-refractivity contribution < 1.29 is 57.6 Å². The molecule has 148 heavy (non-hydrogen) atoms. The normalized spacial score (nSPS) is 13.2. The van der Waals surface area contributed by atoms with Crippen LogP contribution in [0.5, 0.6) is 0 Å². The summed E-state index contributed by atoms with van der Waals surface area (Å²) in [4.78, 5) is 109. The third-order valence-corrected chi connectivity index (χ3v) is 38.4. The molecule has 0 atom stereocenters. The first-order chi connectivity index (χ1) is 70.9. The molecule has 2 aliphatic rings. The number of morpholine rings is 1. The average molecular weight is 2230 g/mol. The van der Waals surface area contributed by atoms with Crippen LogP contribution < -0.4 is 43.5 Å². The van der Waals surface area contributed by atoms with Gasteiger partial charge in [0.05, 0.1) is 30.6 Å². The van der Waals surface area contributed by atoms with Crippen LogP contribution >= 0.6 is 91.8 Å². The Kier molecular flexibility index (Phi) is 37.7. The molecule has 4 N–H and O–H groups in total. The number of hydrogen-bond acceptors (Lipinski definition) is 28. The summed E-state index contributed by atoms with van der Waals surface area (Å²) in [6.45, 7) is 14.1. The number of ether oxygens (including phenoxy) is 1. The van der Waals surface area contributed by atoms with Gasteiger partial charge in [-0.15, -0.1) is 45.3 Å². The minimum Gasteiger partial charge on any atom is -0.385 e. The third kappa shape index (κ3) is 29.8. The summed E-state index contributed by atoms with van der Waals surface area (Å²) in [6, 6.07) is 70.1. The van der Waals surface area contributed by atoms with Crippen molar-refractivity contribution in [3.8, 4) is 22.7 Å². The molecule has 10 heterocycles. The predicted octanol–water partition coefficient (Wildman–Crippen LogP) is 18.6. The van der Waals surface area contributed by atoms with E-state index < -0.39 is 85.5 Å². The van der Waals surface area contributed by atoms with Gasteiger partial charge >= 0.3 is 0 Å². The highest BCUT2D eigenvalue weighted by Crippen LogP contribution is 2.33. The Morgan fingerprint density at radius 1 is 0.324 bits per heavy atom. The average Bonchev–Trinajstić information content (AvgIpc) is 1.57. The number of likely N-dealkylation sites (tertiary alicyclic amines) is 1. The molecule has 2 aliphatic heterocycles. The highest BCUT2D eigenvalue weighted by molar-refractivity contribution is 7.95. The number of halogens is 4. The minimum atomic E-state index is -3.72. The summed E-state index contributed by atoms with van der Waals surface area (Å²) < 4.78 is 113. The molecule has 0 amide bonds. The lowest BCUT2D eigenvalue weighted by Gasteiger charge is -2.26. The molecule has 0 spiro atoms. The van der Waals surface area contributed by atoms with Crippen LogP contribution in [-0.4, -0.2) is 212 Å². The number of piperidine rings is 1. The summed E-state index contributed by atoms with van der Waals surface area (Å²) in [5, 5.41) is 19.5. The number of aromatic nitrogens is 4. The molecule has 0 aliphatic carbocycles. The third-order valence-electron chi connectivity index (χ3n) is 24.4. The second-order valence-electron chi connectivity index (χ2n) is 35.8. The molecule has 2 saturated heterocycles. The monoisotopic (exact) mass is 2230 g/mol. The molecule has 0 saturated carbocycles. The maximum absolute atomic E-state index is 13.2. The van der Waals surface area contributed by atoms with Crippen LogP contribution in [0.3, 0.4) is 0 Å². The fourth-order valence-corrected chi connectivity index (χ4v) is 28.1. The number of pyridine rings is 4. The van der Waals surface area contributed by atoms with Crippen molar-refractivity contribution in [2.45, 2.75) is 75.1 Å². The van der Waals surface area contributed by atoms with E-state index in [1.807, 2.05) is 111 Å². The van der Waals surface area contributed by atoms with Crippen LogP contribution in [0.4, 0.5) is 22.7 Å². The Bertz CT molecular complexity index is 8020. The number of hydrogen-bond donors (Lipinski definition) is 4. The SMILES string of the molecule is CCCNc1ccc2c(=O)n(-c3ccc(CC(=O)CS(=O)(=O)c4ccc(Cl)s4)cc3)ccc2c1.CN(C)CCNc1ccc2c(=O)n(-c3ccc(CC(=O)CS(=O)(=O)c4ccc(Cl)s4)cc3)ccc2c1.O=C(Cc1ccc(-n2ccc3cc(NCCN4CCCCC4)ccc3c2=O)cc1)CS(=O)(=O)c1ccc(Cl)s1.O=C(Cc1ccc(-n2ccc3cc(NCCN4CCOCC4)ccc3c2=O)cc1)CS(=O)(=O)c1ccc(Cl)s1. The Hall–Kier alpha value is -11.9. The molecule has 8 aromatic heterocycles. The summed E-state index contributed by atoms with van der Waals surface area (Å²) in [7, 11) is -10.8. The Morgan fingerprint density at radius 2 is 0.581 bits per heavy atom. The number of likely N-dealkylation sites (N-methyl/N-ethyl adjacent to an activating group) is 1. The number of thiophene rings is 4. The van der Waals surface area contributed by atoms with Crippen LogP contribution in [-0.2, 0) is 88.9 Å². The van der Waals surface area contributed by atoms with E-state index in [1.165, 1.54) is 80.9 Å². The fraction of sp³-hybridized carbons (Fsp3) is 0.259. The van der Waals surface area contributed by atoms with Gasteiger partial charge in [0, 0.05) is 176 Å². The molecule has 0 bridgehead atoms. The lowest BCUT2D eigenvalue weighted by Crippen LogP contribution is -2.39. The molecule has 0 unspecified atom stereocenters. The minimum absolute atomic E-state index is 0.0151. The van der Waals surface area contributed by atoms with E-state index in [-0.39, 0.29) is 64.8 Å². The first-order valence-electron chi connectivity index (χ1n) is 47.6. The number of benzene rings is 8. The van der Waals surface area contributed by atoms with E-state index in [4.69, 9.17) is 51.1 Å². The van der Waals surface area contributed by atoms with Crippen LogP contribution in [0.1, 0.15) is 54.9 Å². The molecule has 8 aromatic carbocycles. The van der Waals surface area contributed by atoms with Crippen molar-refractivity contribution in [3.63, 3.8) is 0 Å². The molecule has 2 fully saturated rings. The van der Waals surface area contributed by atoms with Gasteiger partial charge in [-0.25, -0.2) is 33.7 Å². The number of ketones is 4. The maximum Gasteiger partial charge on any atom is 0.262 e. The number of carbonyl (C=O) groups excluding carboxylic acids is 4. The maximum atomic E-state index is 13.2. The number of sulfone groups is 4. The number of rotatable bonds is 39. The molecule has 28 nitrogen and oxygen atoms in total. The van der Waals surface area contributed by atoms with Gasteiger partial charge in [0.1, 0.15) is 39.8 Å². The van der Waals surface area contributed by atoms with Gasteiger partial charge in [-0.2, -0.15) is 0 Å². The number of anilines is 4. The molecule has 40 heteroatoms. The van der Waals surface area contributed by atoms with Crippen LogP contribution in [0.15, 0.2) is 303 Å². The Morgan fingerprint density at radius 3 is 0.831 bits per heavy atom. The molecular weight excluding hydrogens is 2120 g/mol. The lowest BCUT2D eigenvalue weighted by atomic mass is 10.1. The van der Waals surface area contributed by atoms with Crippen molar-refractivity contribution in [1.29, 1.82) is 0 Å². The van der Waals surface area contributed by atoms with Gasteiger partial charge in [-0.1, -0.05) is 108 Å². The van der Waals surface area contributed by atoms with Gasteiger partial charge in [-0.05, 0) is 284 Å². The highest BCUT2D eigenvalue weighted by atomic mass is 35.5. The van der Waals surface area contributed by atoms with E-state index in [1.54, 1.807) is 140 Å². The van der Waals surface area contributed by atoms with Crippen molar-refractivity contribution in [2.75, 3.05) is 144 Å². The van der Waals surface area contributed by atoms with Gasteiger partial charge in [0.2, 0.25) is 0 Å². The van der Waals surface area contributed by atoms with Gasteiger partial charge in [-0.3, -0.25) is 61.5 Å². The number of fused-ring (bicyclic) bond motifs is 4. The second-order valence-corrected chi connectivity index (χ2v) is 51.6. The first-order valence-corrected chi connectivity index (χ1v) is 59.0. The van der Waals surface area contributed by atoms with E-state index in [0.717, 1.165) is 168 Å². The van der Waals surface area contributed by atoms with Gasteiger partial charge in [0.25, 0.3) is 22.2 Å². The largest absolute Gasteiger partial charge is 0.385 e. The molecular formula is C108H107Cl4N11O17S8. The summed E-state index contributed by atoms with van der Waals surface area (Å²) in [5.41, 5.74) is 8.69. The number of nitrogens with one attached hydrogen (secondary N) is 4. The number of carbonyl (C=O) groups is 4. The quantitative estimate of drug-likeness (QED) is 0.0278. The van der Waals surface area contributed by atoms with Crippen LogP contribution in [0.2, 0.25) is 17.3 Å². The van der Waals surface area contributed by atoms with Gasteiger partial charge in [0.15, 0.2) is 62.5 Å². The van der Waals surface area contributed by atoms with Gasteiger partial charge < -0.3 is 35.8 Å². The zero-order valence-corrected chi connectivity index (χ0v) is 90.5. The predicted molar refractivity (Wildman–Crippen MR) is 599 cm³/mol. The van der Waals surface area contributed by atoms with E-state index in [2.05, 4.69) is 42.9 Å². The summed E-state index contributed by atoms with van der Waals surface area (Å²) in [6.07, 6.45) is 11.8. The van der Waals surface area contributed by atoms with Crippen molar-refractivity contribution in [3.05, 3.63) is 348 Å². The Labute approximate surface area is 892 Å². The van der Waals surface area contributed by atoms with Crippen molar-refractivity contribution in [2.24, 2.45) is 0 Å². The van der Waals surface area contributed by atoms with E-state index in [9.17, 15) is 72.0 Å². The lowest BCUT2D eigenvalue weighted by molar-refractivity contribution is -0.116. The van der Waals surface area contributed by atoms with Crippen molar-refractivity contribution >= 4 is 220 Å². The van der Waals surface area contributed by atoms with E-state index in [0.29, 0.717) is 83.9 Å². The second kappa shape index (κ2) is 50.6. The summed E-state index contributed by atoms with van der Waals surface area (Å²) in [5.74, 6) is -3.96. The topological polar surface area (TPSA) is 360 Å². The first kappa shape index (κ1) is 110. The van der Waals surface area contributed by atoms with E-state index >= 15 is 0 Å². The zero-order chi connectivity index (χ0) is 105. The van der Waals surface area contributed by atoms with Crippen LogP contribution in [0, 0.1) is 0 Å². The van der Waals surface area contributed by atoms with Crippen molar-refractivity contribution in [1.82, 2.24) is 33.0 Å². The standard InChI is InChI=1S/C29H30ClN3O4S2.C28H28ClN3O5S2.C26H26ClN3O4S2.C25H23ClN2O4S2/c30-27-10-11-28(38-27)39(36,37)20-25(34)18-21-4-7-24(8-5-21)33-16-12-22-19-23(6-9-26(22)29(33)35)31-13-17-32-14-2-1-3-15-32;29-26-7-8-27(38-26)39(35,36)19-24(33)17-20-1-4-23(5-2-20)32-11-9-21-18-22(3-6-25(21)28(32)34)30-10-12-31-13-15-37-16-14-31;1-29(2)14-12-28-20-5-8-23-19(16-20)11-13-30(26(23)32)21-6-3-18(4-7-21)15-22(31)17-36(33,34)25-10-9-24(27)35-25;1-2-12-27-19-5-8-22-18(15-19)11-13-28(25(22)30)20-6-3-17(4-7-20)14-21(29)16-34(31,32)24-10-9-23(26)33-24/h4-12,16,19,31H,1-3,13-15,17-18,20H2;1-9,11,18,30H,10,12-17,19H2;3-11,13,16,28H,12,14-15,17H2,1-2H3;3-11,13,15,27H,2,12,14,16H2,1H3. The zero-order valence-electron chi connectivity index (χ0n) is 80.9. The molecule has 772 valence electrons. The Balaban J connectivity index is 0.000000148. The van der Waals surface area contributed by atoms with Crippen LogP contribution in [0.25, 0.3) is 65.8 Å². The summed E-state index contributed by atoms with van der Waals surface area (Å²) >= 11 is 27.0. The highest BCUT2D eigenvalue weighted by Gasteiger charge is 2.28. The smallest absolute Gasteiger partial charge is 0.262 e. The number of nitrogens with zero attached hydrogens (tertiary/aromatic N) is 7. The number of Topliss-reactive ketones (excluding diaryl/α,β-unsaturated/α-hetero) is 4. The molecule has 0 radical (unpaired) electrons. The fourth-order valence-electron chi connectivity index (χ4n) is 16.9. The molecule has 18 rings (SSSR count). The molecule has 16 aromatic rings.